The summed E-state index contributed by atoms with van der Waals surface area (Å²) in [5.74, 6) is 0. The molecule has 0 fully saturated rings. The SMILES string of the molecule is CNC(C)Cc1cn(C)c2ccc(C(F)(F)F)cc12. The lowest BCUT2D eigenvalue weighted by Gasteiger charge is -2.10. The highest BCUT2D eigenvalue weighted by Crippen LogP contribution is 2.33. The number of aryl methyl sites for hydroxylation is 1. The van der Waals surface area contributed by atoms with Crippen LogP contribution in [-0.2, 0) is 19.6 Å². The van der Waals surface area contributed by atoms with Gasteiger partial charge in [0.25, 0.3) is 0 Å². The van der Waals surface area contributed by atoms with Crippen LogP contribution in [0.5, 0.6) is 0 Å². The van der Waals surface area contributed by atoms with Crippen molar-refractivity contribution in [3.8, 4) is 0 Å². The second-order valence-electron chi connectivity index (χ2n) is 4.89. The van der Waals surface area contributed by atoms with E-state index in [1.807, 2.05) is 31.8 Å². The van der Waals surface area contributed by atoms with Gasteiger partial charge in [-0.3, -0.25) is 0 Å². The number of alkyl halides is 3. The second-order valence-corrected chi connectivity index (χ2v) is 4.89. The molecule has 2 aromatic rings. The van der Waals surface area contributed by atoms with Crippen molar-refractivity contribution < 1.29 is 13.2 Å². The van der Waals surface area contributed by atoms with E-state index in [0.717, 1.165) is 17.1 Å². The van der Waals surface area contributed by atoms with E-state index in [4.69, 9.17) is 0 Å². The average molecular weight is 270 g/mol. The monoisotopic (exact) mass is 270 g/mol. The molecule has 1 aromatic carbocycles. The predicted octanol–water partition coefficient (Wildman–Crippen LogP) is 3.35. The minimum atomic E-state index is -4.30. The summed E-state index contributed by atoms with van der Waals surface area (Å²) in [5.41, 5.74) is 1.17. The minimum Gasteiger partial charge on any atom is -0.350 e. The van der Waals surface area contributed by atoms with Gasteiger partial charge in [0.05, 0.1) is 5.56 Å². The van der Waals surface area contributed by atoms with E-state index in [-0.39, 0.29) is 6.04 Å². The molecule has 0 saturated heterocycles. The minimum absolute atomic E-state index is 0.222. The Bertz CT molecular complexity index is 584. The number of halogens is 3. The Morgan fingerprint density at radius 2 is 2.00 bits per heavy atom. The fraction of sp³-hybridized carbons (Fsp3) is 0.429. The first-order chi connectivity index (χ1) is 8.82. The summed E-state index contributed by atoms with van der Waals surface area (Å²) in [6.45, 7) is 2.01. The van der Waals surface area contributed by atoms with Crippen LogP contribution in [0.15, 0.2) is 24.4 Å². The first kappa shape index (κ1) is 13.9. The standard InChI is InChI=1S/C14H17F3N2/c1-9(18-2)6-10-8-19(3)13-5-4-11(7-12(10)13)14(15,16)17/h4-5,7-9,18H,6H2,1-3H3. The molecule has 5 heteroatoms. The van der Waals surface area contributed by atoms with E-state index in [9.17, 15) is 13.2 Å². The fourth-order valence-corrected chi connectivity index (χ4v) is 2.24. The number of hydrogen-bond acceptors (Lipinski definition) is 1. The highest BCUT2D eigenvalue weighted by atomic mass is 19.4. The van der Waals surface area contributed by atoms with E-state index in [1.165, 1.54) is 12.1 Å². The number of nitrogens with one attached hydrogen (secondary N) is 1. The van der Waals surface area contributed by atoms with Crippen LogP contribution in [0.2, 0.25) is 0 Å². The molecule has 104 valence electrons. The quantitative estimate of drug-likeness (QED) is 0.905. The zero-order valence-corrected chi connectivity index (χ0v) is 11.2. The predicted molar refractivity (Wildman–Crippen MR) is 70.1 cm³/mol. The van der Waals surface area contributed by atoms with Crippen molar-refractivity contribution in [2.45, 2.75) is 25.6 Å². The van der Waals surface area contributed by atoms with Gasteiger partial charge in [-0.1, -0.05) is 0 Å². The van der Waals surface area contributed by atoms with Crippen molar-refractivity contribution in [1.82, 2.24) is 9.88 Å². The highest BCUT2D eigenvalue weighted by Gasteiger charge is 2.30. The topological polar surface area (TPSA) is 17.0 Å². The zero-order chi connectivity index (χ0) is 14.2. The van der Waals surface area contributed by atoms with Crippen molar-refractivity contribution in [1.29, 1.82) is 0 Å². The Labute approximate surface area is 110 Å². The van der Waals surface area contributed by atoms with Gasteiger partial charge in [0, 0.05) is 30.2 Å². The molecule has 0 bridgehead atoms. The lowest BCUT2D eigenvalue weighted by atomic mass is 10.0. The molecule has 0 aliphatic rings. The molecular formula is C14H17F3N2. The van der Waals surface area contributed by atoms with Crippen LogP contribution in [0.4, 0.5) is 13.2 Å². The van der Waals surface area contributed by atoms with Crippen molar-refractivity contribution in [3.63, 3.8) is 0 Å². The molecule has 0 spiro atoms. The lowest BCUT2D eigenvalue weighted by molar-refractivity contribution is -0.137. The molecule has 0 radical (unpaired) electrons. The summed E-state index contributed by atoms with van der Waals surface area (Å²) >= 11 is 0. The number of fused-ring (bicyclic) bond motifs is 1. The van der Waals surface area contributed by atoms with Crippen LogP contribution in [0.25, 0.3) is 10.9 Å². The molecule has 2 nitrogen and oxygen atoms in total. The summed E-state index contributed by atoms with van der Waals surface area (Å²) in [7, 11) is 3.69. The van der Waals surface area contributed by atoms with Gasteiger partial charge in [-0.2, -0.15) is 13.2 Å². The van der Waals surface area contributed by atoms with E-state index < -0.39 is 11.7 Å². The summed E-state index contributed by atoms with van der Waals surface area (Å²) in [6.07, 6.45) is -1.69. The lowest BCUT2D eigenvalue weighted by Crippen LogP contribution is -2.23. The number of likely N-dealkylation sites (N-methyl/N-ethyl adjacent to an activating group) is 1. The van der Waals surface area contributed by atoms with Gasteiger partial charge in [-0.15, -0.1) is 0 Å². The number of hydrogen-bond donors (Lipinski definition) is 1. The van der Waals surface area contributed by atoms with Crippen molar-refractivity contribution in [2.75, 3.05) is 7.05 Å². The van der Waals surface area contributed by atoms with Gasteiger partial charge in [-0.25, -0.2) is 0 Å². The van der Waals surface area contributed by atoms with Crippen molar-refractivity contribution in [3.05, 3.63) is 35.5 Å². The molecule has 19 heavy (non-hydrogen) atoms. The number of benzene rings is 1. The third-order valence-electron chi connectivity index (χ3n) is 3.42. The third kappa shape index (κ3) is 2.76. The number of rotatable bonds is 3. The van der Waals surface area contributed by atoms with Gasteiger partial charge in [0.2, 0.25) is 0 Å². The second kappa shape index (κ2) is 4.89. The van der Waals surface area contributed by atoms with Gasteiger partial charge in [-0.05, 0) is 44.2 Å². The van der Waals surface area contributed by atoms with E-state index in [2.05, 4.69) is 5.32 Å². The van der Waals surface area contributed by atoms with Gasteiger partial charge >= 0.3 is 6.18 Å². The molecule has 2 rings (SSSR count). The first-order valence-corrected chi connectivity index (χ1v) is 6.15. The van der Waals surface area contributed by atoms with Crippen molar-refractivity contribution in [2.24, 2.45) is 7.05 Å². The van der Waals surface area contributed by atoms with Gasteiger partial charge in [0.15, 0.2) is 0 Å². The van der Waals surface area contributed by atoms with Crippen LogP contribution in [0, 0.1) is 0 Å². The highest BCUT2D eigenvalue weighted by molar-refractivity contribution is 5.84. The molecule has 1 unspecified atom stereocenters. The maximum absolute atomic E-state index is 12.8. The summed E-state index contributed by atoms with van der Waals surface area (Å²) in [4.78, 5) is 0. The Balaban J connectivity index is 2.52. The number of nitrogens with zero attached hydrogens (tertiary/aromatic N) is 1. The van der Waals surface area contributed by atoms with Crippen LogP contribution >= 0.6 is 0 Å². The van der Waals surface area contributed by atoms with Crippen LogP contribution in [0.1, 0.15) is 18.1 Å². The molecule has 1 atom stereocenters. The molecule has 1 heterocycles. The van der Waals surface area contributed by atoms with E-state index >= 15 is 0 Å². The summed E-state index contributed by atoms with van der Waals surface area (Å²) < 4.78 is 40.2. The van der Waals surface area contributed by atoms with E-state index in [1.54, 1.807) is 0 Å². The van der Waals surface area contributed by atoms with Crippen molar-refractivity contribution >= 4 is 10.9 Å². The summed E-state index contributed by atoms with van der Waals surface area (Å²) in [6, 6.07) is 4.13. The van der Waals surface area contributed by atoms with Gasteiger partial charge < -0.3 is 9.88 Å². The molecule has 0 saturated carbocycles. The maximum Gasteiger partial charge on any atom is 0.416 e. The average Bonchev–Trinajstić information content (AvgIpc) is 2.65. The Morgan fingerprint density at radius 3 is 2.58 bits per heavy atom. The zero-order valence-electron chi connectivity index (χ0n) is 11.2. The van der Waals surface area contributed by atoms with Gasteiger partial charge in [0.1, 0.15) is 0 Å². The molecule has 0 amide bonds. The van der Waals surface area contributed by atoms with Crippen LogP contribution in [-0.4, -0.2) is 17.7 Å². The normalized spacial score (nSPS) is 14.0. The Hall–Kier alpha value is -1.49. The maximum atomic E-state index is 12.8. The molecule has 1 N–H and O–H groups in total. The Kier molecular flexibility index (Phi) is 3.58. The fourth-order valence-electron chi connectivity index (χ4n) is 2.24. The van der Waals surface area contributed by atoms with Crippen LogP contribution < -0.4 is 5.32 Å². The molecular weight excluding hydrogens is 253 g/mol. The summed E-state index contributed by atoms with van der Waals surface area (Å²) in [5, 5.41) is 3.78. The molecule has 0 aliphatic heterocycles. The molecule has 1 aromatic heterocycles. The first-order valence-electron chi connectivity index (χ1n) is 6.15. The van der Waals surface area contributed by atoms with E-state index in [0.29, 0.717) is 11.8 Å². The Morgan fingerprint density at radius 1 is 1.32 bits per heavy atom. The third-order valence-corrected chi connectivity index (χ3v) is 3.42. The molecule has 0 aliphatic carbocycles. The number of aromatic nitrogens is 1. The smallest absolute Gasteiger partial charge is 0.350 e. The van der Waals surface area contributed by atoms with Crippen LogP contribution in [0.3, 0.4) is 0 Å². The largest absolute Gasteiger partial charge is 0.416 e.